The summed E-state index contributed by atoms with van der Waals surface area (Å²) in [6.07, 6.45) is 1.74. The molecule has 1 saturated heterocycles. The summed E-state index contributed by atoms with van der Waals surface area (Å²) in [4.78, 5) is 11.7. The molecule has 0 aliphatic carbocycles. The molecule has 3 nitrogen and oxygen atoms in total. The number of carbonyl (C=O) groups is 1. The van der Waals surface area contributed by atoms with Crippen molar-refractivity contribution in [3.63, 3.8) is 0 Å². The molecule has 1 amide bonds. The highest BCUT2D eigenvalue weighted by molar-refractivity contribution is 5.78. The lowest BCUT2D eigenvalue weighted by atomic mass is 9.95. The molecule has 82 valence electrons. The SMILES string of the molecule is CC(C)(C)CNC(=O)C1CCOCC1. The molecule has 0 radical (unpaired) electrons. The maximum Gasteiger partial charge on any atom is 0.223 e. The van der Waals surface area contributed by atoms with E-state index in [1.807, 2.05) is 0 Å². The third-order valence-corrected chi connectivity index (χ3v) is 2.39. The predicted molar refractivity (Wildman–Crippen MR) is 56.0 cm³/mol. The average molecular weight is 199 g/mol. The van der Waals surface area contributed by atoms with Crippen LogP contribution in [0, 0.1) is 11.3 Å². The Kier molecular flexibility index (Phi) is 3.93. The highest BCUT2D eigenvalue weighted by Gasteiger charge is 2.22. The molecule has 0 spiro atoms. The molecule has 1 rings (SSSR count). The van der Waals surface area contributed by atoms with Crippen LogP contribution in [0.5, 0.6) is 0 Å². The molecule has 0 unspecified atom stereocenters. The van der Waals surface area contributed by atoms with Gasteiger partial charge in [0, 0.05) is 25.7 Å². The van der Waals surface area contributed by atoms with Gasteiger partial charge < -0.3 is 10.1 Å². The average Bonchev–Trinajstić information content (AvgIpc) is 2.14. The van der Waals surface area contributed by atoms with Gasteiger partial charge in [-0.2, -0.15) is 0 Å². The molecule has 1 aliphatic heterocycles. The van der Waals surface area contributed by atoms with Crippen molar-refractivity contribution in [2.75, 3.05) is 19.8 Å². The second-order valence-corrected chi connectivity index (χ2v) is 5.17. The van der Waals surface area contributed by atoms with E-state index in [4.69, 9.17) is 4.74 Å². The minimum atomic E-state index is 0.167. The van der Waals surface area contributed by atoms with Gasteiger partial charge in [-0.25, -0.2) is 0 Å². The number of hydrogen-bond acceptors (Lipinski definition) is 2. The van der Waals surface area contributed by atoms with Crippen molar-refractivity contribution < 1.29 is 9.53 Å². The zero-order chi connectivity index (χ0) is 10.6. The Labute approximate surface area is 86.2 Å². The molecule has 0 aromatic heterocycles. The van der Waals surface area contributed by atoms with Crippen molar-refractivity contribution in [1.82, 2.24) is 5.32 Å². The predicted octanol–water partition coefficient (Wildman–Crippen LogP) is 1.58. The minimum absolute atomic E-state index is 0.167. The van der Waals surface area contributed by atoms with Gasteiger partial charge in [-0.05, 0) is 18.3 Å². The van der Waals surface area contributed by atoms with E-state index in [1.54, 1.807) is 0 Å². The molecule has 0 saturated carbocycles. The zero-order valence-electron chi connectivity index (χ0n) is 9.43. The molecule has 14 heavy (non-hydrogen) atoms. The molecule has 0 bridgehead atoms. The van der Waals surface area contributed by atoms with E-state index in [1.165, 1.54) is 0 Å². The quantitative estimate of drug-likeness (QED) is 0.733. The van der Waals surface area contributed by atoms with E-state index in [9.17, 15) is 4.79 Å². The van der Waals surface area contributed by atoms with Gasteiger partial charge in [-0.1, -0.05) is 20.8 Å². The van der Waals surface area contributed by atoms with Gasteiger partial charge in [0.15, 0.2) is 0 Å². The van der Waals surface area contributed by atoms with Crippen LogP contribution in [0.1, 0.15) is 33.6 Å². The van der Waals surface area contributed by atoms with E-state index < -0.39 is 0 Å². The third-order valence-electron chi connectivity index (χ3n) is 2.39. The Hall–Kier alpha value is -0.570. The normalized spacial score (nSPS) is 19.4. The second kappa shape index (κ2) is 4.78. The van der Waals surface area contributed by atoms with Gasteiger partial charge in [0.05, 0.1) is 0 Å². The standard InChI is InChI=1S/C11H21NO2/c1-11(2,3)8-12-10(13)9-4-6-14-7-5-9/h9H,4-8H2,1-3H3,(H,12,13). The molecule has 0 aromatic carbocycles. The molecule has 0 atom stereocenters. The van der Waals surface area contributed by atoms with Crippen LogP contribution in [-0.4, -0.2) is 25.7 Å². The number of rotatable bonds is 2. The Bertz CT molecular complexity index is 190. The number of hydrogen-bond donors (Lipinski definition) is 1. The number of carbonyl (C=O) groups excluding carboxylic acids is 1. The lowest BCUT2D eigenvalue weighted by Crippen LogP contribution is -2.38. The molecule has 1 fully saturated rings. The molecule has 1 N–H and O–H groups in total. The van der Waals surface area contributed by atoms with Crippen LogP contribution >= 0.6 is 0 Å². The summed E-state index contributed by atoms with van der Waals surface area (Å²) in [6.45, 7) is 8.58. The molecule has 3 heteroatoms. The van der Waals surface area contributed by atoms with Crippen molar-refractivity contribution >= 4 is 5.91 Å². The molecule has 1 heterocycles. The van der Waals surface area contributed by atoms with Crippen LogP contribution in [0.2, 0.25) is 0 Å². The molecular weight excluding hydrogens is 178 g/mol. The summed E-state index contributed by atoms with van der Waals surface area (Å²) in [7, 11) is 0. The van der Waals surface area contributed by atoms with Gasteiger partial charge in [0.2, 0.25) is 5.91 Å². The van der Waals surface area contributed by atoms with Crippen molar-refractivity contribution in [3.05, 3.63) is 0 Å². The highest BCUT2D eigenvalue weighted by Crippen LogP contribution is 2.16. The van der Waals surface area contributed by atoms with Crippen LogP contribution in [-0.2, 0) is 9.53 Å². The van der Waals surface area contributed by atoms with Crippen molar-refractivity contribution in [3.8, 4) is 0 Å². The number of nitrogens with one attached hydrogen (secondary N) is 1. The first-order valence-electron chi connectivity index (χ1n) is 5.34. The summed E-state index contributed by atoms with van der Waals surface area (Å²) in [6, 6.07) is 0. The summed E-state index contributed by atoms with van der Waals surface area (Å²) in [5.41, 5.74) is 0.167. The third kappa shape index (κ3) is 4.09. The van der Waals surface area contributed by atoms with Crippen LogP contribution in [0.25, 0.3) is 0 Å². The van der Waals surface area contributed by atoms with Crippen LogP contribution < -0.4 is 5.32 Å². The van der Waals surface area contributed by atoms with Crippen LogP contribution in [0.4, 0.5) is 0 Å². The van der Waals surface area contributed by atoms with Gasteiger partial charge in [0.1, 0.15) is 0 Å². The number of ether oxygens (including phenoxy) is 1. The first kappa shape index (κ1) is 11.5. The second-order valence-electron chi connectivity index (χ2n) is 5.17. The molecular formula is C11H21NO2. The van der Waals surface area contributed by atoms with E-state index in [0.717, 1.165) is 32.6 Å². The summed E-state index contributed by atoms with van der Waals surface area (Å²) >= 11 is 0. The van der Waals surface area contributed by atoms with Crippen LogP contribution in [0.15, 0.2) is 0 Å². The fourth-order valence-corrected chi connectivity index (χ4v) is 1.46. The van der Waals surface area contributed by atoms with Crippen LogP contribution in [0.3, 0.4) is 0 Å². The molecule has 1 aliphatic rings. The fraction of sp³-hybridized carbons (Fsp3) is 0.909. The van der Waals surface area contributed by atoms with E-state index >= 15 is 0 Å². The maximum atomic E-state index is 11.7. The largest absolute Gasteiger partial charge is 0.381 e. The lowest BCUT2D eigenvalue weighted by molar-refractivity contribution is -0.128. The first-order chi connectivity index (χ1) is 6.49. The molecule has 0 aromatic rings. The van der Waals surface area contributed by atoms with Gasteiger partial charge in [-0.15, -0.1) is 0 Å². The topological polar surface area (TPSA) is 38.3 Å². The van der Waals surface area contributed by atoms with Crippen molar-refractivity contribution in [2.24, 2.45) is 11.3 Å². The summed E-state index contributed by atoms with van der Waals surface area (Å²) in [5.74, 6) is 0.370. The highest BCUT2D eigenvalue weighted by atomic mass is 16.5. The summed E-state index contributed by atoms with van der Waals surface area (Å²) in [5, 5.41) is 3.00. The maximum absolute atomic E-state index is 11.7. The summed E-state index contributed by atoms with van der Waals surface area (Å²) < 4.78 is 5.22. The van der Waals surface area contributed by atoms with E-state index in [2.05, 4.69) is 26.1 Å². The Morgan fingerprint density at radius 1 is 1.36 bits per heavy atom. The first-order valence-corrected chi connectivity index (χ1v) is 5.34. The Morgan fingerprint density at radius 3 is 2.43 bits per heavy atom. The Morgan fingerprint density at radius 2 is 1.93 bits per heavy atom. The minimum Gasteiger partial charge on any atom is -0.381 e. The smallest absolute Gasteiger partial charge is 0.223 e. The van der Waals surface area contributed by atoms with E-state index in [0.29, 0.717) is 0 Å². The lowest BCUT2D eigenvalue weighted by Gasteiger charge is -2.24. The number of amides is 1. The Balaban J connectivity index is 2.27. The zero-order valence-corrected chi connectivity index (χ0v) is 9.43. The van der Waals surface area contributed by atoms with Crippen molar-refractivity contribution in [2.45, 2.75) is 33.6 Å². The van der Waals surface area contributed by atoms with E-state index in [-0.39, 0.29) is 17.2 Å². The van der Waals surface area contributed by atoms with Gasteiger partial charge in [-0.3, -0.25) is 4.79 Å². The van der Waals surface area contributed by atoms with Gasteiger partial charge >= 0.3 is 0 Å². The van der Waals surface area contributed by atoms with Gasteiger partial charge in [0.25, 0.3) is 0 Å². The fourth-order valence-electron chi connectivity index (χ4n) is 1.46. The monoisotopic (exact) mass is 199 g/mol. The van der Waals surface area contributed by atoms with Crippen molar-refractivity contribution in [1.29, 1.82) is 0 Å².